The fraction of sp³-hybridized carbons (Fsp3) is 0.348. The summed E-state index contributed by atoms with van der Waals surface area (Å²) in [4.78, 5) is 15.6. The standard InChI is InChI=1S/C23H27N5O2/c1-26(2)23(29)30-22-10-6-7-19(15-22)18-11-13-27(14-12-18)16-20-17-28(25-24-20)21-8-4-3-5-9-21/h3-10,15,17-18H,11-14,16H2,1-2H3. The number of carbonyl (C=O) groups is 1. The lowest BCUT2D eigenvalue weighted by Crippen LogP contribution is -2.32. The third-order valence-corrected chi connectivity index (χ3v) is 5.43. The van der Waals surface area contributed by atoms with Crippen molar-refractivity contribution in [2.24, 2.45) is 0 Å². The molecule has 1 aliphatic rings. The molecule has 30 heavy (non-hydrogen) atoms. The molecule has 156 valence electrons. The van der Waals surface area contributed by atoms with E-state index in [1.165, 1.54) is 10.5 Å². The van der Waals surface area contributed by atoms with E-state index in [0.29, 0.717) is 11.7 Å². The number of nitrogens with zero attached hydrogens (tertiary/aromatic N) is 5. The van der Waals surface area contributed by atoms with Gasteiger partial charge in [-0.3, -0.25) is 4.90 Å². The summed E-state index contributed by atoms with van der Waals surface area (Å²) in [5.41, 5.74) is 3.23. The van der Waals surface area contributed by atoms with Gasteiger partial charge >= 0.3 is 6.09 Å². The van der Waals surface area contributed by atoms with E-state index in [0.717, 1.165) is 43.9 Å². The molecule has 1 fully saturated rings. The van der Waals surface area contributed by atoms with Crippen LogP contribution in [0.5, 0.6) is 5.75 Å². The molecule has 3 aromatic rings. The predicted octanol–water partition coefficient (Wildman–Crippen LogP) is 3.71. The van der Waals surface area contributed by atoms with Crippen molar-refractivity contribution in [1.29, 1.82) is 0 Å². The van der Waals surface area contributed by atoms with E-state index < -0.39 is 0 Å². The topological polar surface area (TPSA) is 63.5 Å². The van der Waals surface area contributed by atoms with E-state index in [1.807, 2.05) is 59.4 Å². The summed E-state index contributed by atoms with van der Waals surface area (Å²) < 4.78 is 7.23. The SMILES string of the molecule is CN(C)C(=O)Oc1cccc(C2CCN(Cc3cn(-c4ccccc4)nn3)CC2)c1. The second-order valence-electron chi connectivity index (χ2n) is 7.88. The maximum Gasteiger partial charge on any atom is 0.414 e. The average Bonchev–Trinajstić information content (AvgIpc) is 3.23. The Balaban J connectivity index is 1.32. The Labute approximate surface area is 176 Å². The quantitative estimate of drug-likeness (QED) is 0.648. The summed E-state index contributed by atoms with van der Waals surface area (Å²) in [5, 5.41) is 8.59. The summed E-state index contributed by atoms with van der Waals surface area (Å²) in [5.74, 6) is 1.07. The van der Waals surface area contributed by atoms with E-state index in [9.17, 15) is 4.79 Å². The number of likely N-dealkylation sites (tertiary alicyclic amines) is 1. The van der Waals surface area contributed by atoms with E-state index >= 15 is 0 Å². The monoisotopic (exact) mass is 405 g/mol. The summed E-state index contributed by atoms with van der Waals surface area (Å²) in [6.45, 7) is 2.81. The van der Waals surface area contributed by atoms with Crippen LogP contribution in [0.25, 0.3) is 5.69 Å². The van der Waals surface area contributed by atoms with Crippen molar-refractivity contribution in [3.63, 3.8) is 0 Å². The Morgan fingerprint density at radius 1 is 1.10 bits per heavy atom. The molecule has 2 heterocycles. The molecular weight excluding hydrogens is 378 g/mol. The highest BCUT2D eigenvalue weighted by molar-refractivity contribution is 5.70. The summed E-state index contributed by atoms with van der Waals surface area (Å²) >= 11 is 0. The van der Waals surface area contributed by atoms with Crippen LogP contribution >= 0.6 is 0 Å². The number of amides is 1. The molecule has 0 unspecified atom stereocenters. The van der Waals surface area contributed by atoms with E-state index in [2.05, 4.69) is 21.3 Å². The van der Waals surface area contributed by atoms with Crippen molar-refractivity contribution in [3.8, 4) is 11.4 Å². The lowest BCUT2D eigenvalue weighted by Gasteiger charge is -2.31. The van der Waals surface area contributed by atoms with E-state index in [-0.39, 0.29) is 6.09 Å². The molecule has 1 aliphatic heterocycles. The molecule has 2 aromatic carbocycles. The number of rotatable bonds is 5. The van der Waals surface area contributed by atoms with Gasteiger partial charge in [0.05, 0.1) is 17.6 Å². The lowest BCUT2D eigenvalue weighted by atomic mass is 9.89. The van der Waals surface area contributed by atoms with Gasteiger partial charge in [-0.1, -0.05) is 35.5 Å². The largest absolute Gasteiger partial charge is 0.414 e. The van der Waals surface area contributed by atoms with Crippen LogP contribution < -0.4 is 4.74 Å². The minimum absolute atomic E-state index is 0.356. The molecule has 1 saturated heterocycles. The zero-order valence-electron chi connectivity index (χ0n) is 17.4. The second kappa shape index (κ2) is 9.09. The molecule has 7 heteroatoms. The van der Waals surface area contributed by atoms with Gasteiger partial charge < -0.3 is 9.64 Å². The molecule has 0 saturated carbocycles. The zero-order valence-corrected chi connectivity index (χ0v) is 17.4. The third kappa shape index (κ3) is 4.86. The van der Waals surface area contributed by atoms with Gasteiger partial charge in [-0.05, 0) is 61.7 Å². The van der Waals surface area contributed by atoms with Gasteiger partial charge in [0.25, 0.3) is 0 Å². The van der Waals surface area contributed by atoms with Gasteiger partial charge in [-0.15, -0.1) is 5.10 Å². The normalized spacial score (nSPS) is 15.1. The number of aromatic nitrogens is 3. The van der Waals surface area contributed by atoms with Crippen LogP contribution in [0.15, 0.2) is 60.8 Å². The number of piperidine rings is 1. The molecule has 0 N–H and O–H groups in total. The first kappa shape index (κ1) is 20.1. The molecule has 1 amide bonds. The van der Waals surface area contributed by atoms with Crippen molar-refractivity contribution < 1.29 is 9.53 Å². The number of benzene rings is 2. The van der Waals surface area contributed by atoms with Gasteiger partial charge in [0, 0.05) is 20.6 Å². The summed E-state index contributed by atoms with van der Waals surface area (Å²) in [6, 6.07) is 17.9. The first-order valence-electron chi connectivity index (χ1n) is 10.3. The molecule has 7 nitrogen and oxygen atoms in total. The minimum atomic E-state index is -0.356. The van der Waals surface area contributed by atoms with Crippen LogP contribution in [0.4, 0.5) is 4.79 Å². The third-order valence-electron chi connectivity index (χ3n) is 5.43. The summed E-state index contributed by atoms with van der Waals surface area (Å²) in [7, 11) is 3.36. The van der Waals surface area contributed by atoms with E-state index in [1.54, 1.807) is 14.1 Å². The van der Waals surface area contributed by atoms with Crippen molar-refractivity contribution in [2.75, 3.05) is 27.2 Å². The molecule has 0 atom stereocenters. The van der Waals surface area contributed by atoms with Crippen LogP contribution in [0, 0.1) is 0 Å². The predicted molar refractivity (Wildman–Crippen MR) is 115 cm³/mol. The molecule has 4 rings (SSSR count). The number of para-hydroxylation sites is 1. The van der Waals surface area contributed by atoms with Crippen molar-refractivity contribution >= 4 is 6.09 Å². The fourth-order valence-corrected chi connectivity index (χ4v) is 3.76. The number of carbonyl (C=O) groups excluding carboxylic acids is 1. The van der Waals surface area contributed by atoms with Crippen LogP contribution in [-0.2, 0) is 6.54 Å². The molecular formula is C23H27N5O2. The number of hydrogen-bond donors (Lipinski definition) is 0. The van der Waals surface area contributed by atoms with Crippen LogP contribution in [0.1, 0.15) is 30.0 Å². The van der Waals surface area contributed by atoms with Gasteiger partial charge in [-0.2, -0.15) is 0 Å². The van der Waals surface area contributed by atoms with Crippen LogP contribution in [-0.4, -0.2) is 58.1 Å². The van der Waals surface area contributed by atoms with E-state index in [4.69, 9.17) is 4.74 Å². The minimum Gasteiger partial charge on any atom is -0.410 e. The van der Waals surface area contributed by atoms with Crippen molar-refractivity contribution in [1.82, 2.24) is 24.8 Å². The Kier molecular flexibility index (Phi) is 6.09. The highest BCUT2D eigenvalue weighted by Gasteiger charge is 2.22. The fourth-order valence-electron chi connectivity index (χ4n) is 3.76. The van der Waals surface area contributed by atoms with Crippen molar-refractivity contribution in [2.45, 2.75) is 25.3 Å². The lowest BCUT2D eigenvalue weighted by molar-refractivity contribution is 0.171. The highest BCUT2D eigenvalue weighted by atomic mass is 16.6. The van der Waals surface area contributed by atoms with Gasteiger partial charge in [0.15, 0.2) is 0 Å². The number of ether oxygens (including phenoxy) is 1. The molecule has 1 aromatic heterocycles. The van der Waals surface area contributed by atoms with Crippen molar-refractivity contribution in [3.05, 3.63) is 72.1 Å². The van der Waals surface area contributed by atoms with Crippen LogP contribution in [0.3, 0.4) is 0 Å². The van der Waals surface area contributed by atoms with Gasteiger partial charge in [-0.25, -0.2) is 9.48 Å². The smallest absolute Gasteiger partial charge is 0.410 e. The Morgan fingerprint density at radius 3 is 2.60 bits per heavy atom. The average molecular weight is 406 g/mol. The Morgan fingerprint density at radius 2 is 1.87 bits per heavy atom. The Bertz CT molecular complexity index is 978. The molecule has 0 radical (unpaired) electrons. The Hall–Kier alpha value is -3.19. The molecule has 0 spiro atoms. The maximum absolute atomic E-state index is 11.8. The van der Waals surface area contributed by atoms with Gasteiger partial charge in [0.2, 0.25) is 0 Å². The zero-order chi connectivity index (χ0) is 20.9. The molecule has 0 aliphatic carbocycles. The summed E-state index contributed by atoms with van der Waals surface area (Å²) in [6.07, 6.45) is 3.78. The first-order chi connectivity index (χ1) is 14.6. The molecule has 0 bridgehead atoms. The highest BCUT2D eigenvalue weighted by Crippen LogP contribution is 2.30. The first-order valence-corrected chi connectivity index (χ1v) is 10.3. The maximum atomic E-state index is 11.8. The second-order valence-corrected chi connectivity index (χ2v) is 7.88. The van der Waals surface area contributed by atoms with Crippen LogP contribution in [0.2, 0.25) is 0 Å². The van der Waals surface area contributed by atoms with Gasteiger partial charge in [0.1, 0.15) is 5.75 Å². The number of hydrogen-bond acceptors (Lipinski definition) is 5.